The summed E-state index contributed by atoms with van der Waals surface area (Å²) >= 11 is 1.37. The first kappa shape index (κ1) is 10.9. The molecule has 82 valence electrons. The number of rotatable bonds is 2. The Morgan fingerprint density at radius 3 is 2.60 bits per heavy atom. The predicted octanol–water partition coefficient (Wildman–Crippen LogP) is 3.24. The summed E-state index contributed by atoms with van der Waals surface area (Å²) in [7, 11) is 0. The Kier molecular flexibility index (Phi) is 2.98. The third kappa shape index (κ3) is 1.76. The van der Waals surface area contributed by atoms with Gasteiger partial charge in [0.2, 0.25) is 0 Å². The van der Waals surface area contributed by atoms with Crippen LogP contribution in [0.3, 0.4) is 0 Å². The SMILES string of the molecule is CCCC1Sc2c(F)ccc(F)c2C1N. The zero-order valence-electron chi connectivity index (χ0n) is 8.47. The Morgan fingerprint density at radius 2 is 2.00 bits per heavy atom. The zero-order valence-corrected chi connectivity index (χ0v) is 9.28. The van der Waals surface area contributed by atoms with Crippen molar-refractivity contribution in [1.82, 2.24) is 0 Å². The van der Waals surface area contributed by atoms with Gasteiger partial charge in [-0.25, -0.2) is 8.78 Å². The van der Waals surface area contributed by atoms with Crippen molar-refractivity contribution < 1.29 is 8.78 Å². The molecule has 1 aliphatic rings. The minimum absolute atomic E-state index is 0.108. The molecule has 1 aliphatic heterocycles. The first-order chi connectivity index (χ1) is 7.15. The maximum atomic E-state index is 13.5. The predicted molar refractivity (Wildman–Crippen MR) is 57.8 cm³/mol. The van der Waals surface area contributed by atoms with Gasteiger partial charge in [-0.05, 0) is 18.6 Å². The molecular weight excluding hydrogens is 216 g/mol. The van der Waals surface area contributed by atoms with E-state index in [1.807, 2.05) is 6.92 Å². The maximum absolute atomic E-state index is 13.5. The summed E-state index contributed by atoms with van der Waals surface area (Å²) in [5.74, 6) is -0.740. The standard InChI is InChI=1S/C11H13F2NS/c1-2-3-8-10(14)9-6(12)4-5-7(13)11(9)15-8/h4-5,8,10H,2-3,14H2,1H3. The molecule has 15 heavy (non-hydrogen) atoms. The Hall–Kier alpha value is -0.610. The van der Waals surface area contributed by atoms with Crippen molar-refractivity contribution in [3.05, 3.63) is 29.3 Å². The molecule has 2 N–H and O–H groups in total. The molecule has 2 rings (SSSR count). The van der Waals surface area contributed by atoms with E-state index in [0.29, 0.717) is 10.5 Å². The Labute approximate surface area is 92.0 Å². The van der Waals surface area contributed by atoms with Crippen molar-refractivity contribution in [3.63, 3.8) is 0 Å². The summed E-state index contributed by atoms with van der Waals surface area (Å²) in [6.07, 6.45) is 1.86. The average Bonchev–Trinajstić information content (AvgIpc) is 2.53. The van der Waals surface area contributed by atoms with Crippen molar-refractivity contribution >= 4 is 11.8 Å². The van der Waals surface area contributed by atoms with Crippen molar-refractivity contribution in [2.45, 2.75) is 36.0 Å². The summed E-state index contributed by atoms with van der Waals surface area (Å²) < 4.78 is 26.9. The third-order valence-electron chi connectivity index (χ3n) is 2.67. The number of benzene rings is 1. The van der Waals surface area contributed by atoms with E-state index in [4.69, 9.17) is 5.73 Å². The van der Waals surface area contributed by atoms with Crippen LogP contribution in [0.4, 0.5) is 8.78 Å². The second-order valence-electron chi connectivity index (χ2n) is 3.74. The molecule has 2 unspecified atom stereocenters. The number of hydrogen-bond donors (Lipinski definition) is 1. The molecule has 0 saturated carbocycles. The van der Waals surface area contributed by atoms with Crippen molar-refractivity contribution in [1.29, 1.82) is 0 Å². The molecule has 1 aromatic carbocycles. The molecule has 0 spiro atoms. The lowest BCUT2D eigenvalue weighted by Crippen LogP contribution is -2.19. The van der Waals surface area contributed by atoms with Crippen LogP contribution in [0.25, 0.3) is 0 Å². The van der Waals surface area contributed by atoms with Crippen LogP contribution < -0.4 is 5.73 Å². The normalized spacial score (nSPS) is 24.3. The van der Waals surface area contributed by atoms with Gasteiger partial charge >= 0.3 is 0 Å². The minimum Gasteiger partial charge on any atom is -0.323 e. The molecule has 0 amide bonds. The molecule has 1 nitrogen and oxygen atoms in total. The van der Waals surface area contributed by atoms with E-state index in [0.717, 1.165) is 18.9 Å². The van der Waals surface area contributed by atoms with Crippen LogP contribution in [-0.4, -0.2) is 5.25 Å². The van der Waals surface area contributed by atoms with Gasteiger partial charge < -0.3 is 5.73 Å². The molecule has 2 atom stereocenters. The third-order valence-corrected chi connectivity index (χ3v) is 4.15. The summed E-state index contributed by atoms with van der Waals surface area (Å²) in [5.41, 5.74) is 6.28. The largest absolute Gasteiger partial charge is 0.323 e. The van der Waals surface area contributed by atoms with Gasteiger partial charge in [-0.15, -0.1) is 11.8 Å². The molecule has 0 fully saturated rings. The summed E-state index contributed by atoms with van der Waals surface area (Å²) in [4.78, 5) is 0.404. The highest BCUT2D eigenvalue weighted by Gasteiger charge is 2.34. The highest BCUT2D eigenvalue weighted by atomic mass is 32.2. The van der Waals surface area contributed by atoms with Crippen LogP contribution in [0.15, 0.2) is 17.0 Å². The number of thioether (sulfide) groups is 1. The Bertz CT molecular complexity index is 381. The van der Waals surface area contributed by atoms with Crippen LogP contribution in [0.2, 0.25) is 0 Å². The van der Waals surface area contributed by atoms with Gasteiger partial charge in [0.25, 0.3) is 0 Å². The van der Waals surface area contributed by atoms with Crippen LogP contribution in [0.1, 0.15) is 31.4 Å². The lowest BCUT2D eigenvalue weighted by molar-refractivity contribution is 0.537. The fourth-order valence-electron chi connectivity index (χ4n) is 1.91. The summed E-state index contributed by atoms with van der Waals surface area (Å²) in [6.45, 7) is 2.04. The fraction of sp³-hybridized carbons (Fsp3) is 0.455. The van der Waals surface area contributed by atoms with E-state index in [1.54, 1.807) is 0 Å². The van der Waals surface area contributed by atoms with Gasteiger partial charge in [0, 0.05) is 16.9 Å². The molecule has 1 heterocycles. The van der Waals surface area contributed by atoms with E-state index in [9.17, 15) is 8.78 Å². The van der Waals surface area contributed by atoms with Gasteiger partial charge in [-0.3, -0.25) is 0 Å². The van der Waals surface area contributed by atoms with E-state index in [-0.39, 0.29) is 22.9 Å². The topological polar surface area (TPSA) is 26.0 Å². The lowest BCUT2D eigenvalue weighted by atomic mass is 10.0. The van der Waals surface area contributed by atoms with Crippen LogP contribution in [-0.2, 0) is 0 Å². The average molecular weight is 229 g/mol. The number of hydrogen-bond acceptors (Lipinski definition) is 2. The maximum Gasteiger partial charge on any atom is 0.137 e. The molecule has 1 aromatic rings. The van der Waals surface area contributed by atoms with Gasteiger partial charge in [-0.1, -0.05) is 13.3 Å². The van der Waals surface area contributed by atoms with E-state index >= 15 is 0 Å². The second kappa shape index (κ2) is 4.10. The Balaban J connectivity index is 2.40. The van der Waals surface area contributed by atoms with Crippen LogP contribution in [0.5, 0.6) is 0 Å². The minimum atomic E-state index is -0.384. The van der Waals surface area contributed by atoms with E-state index in [1.165, 1.54) is 17.8 Å². The molecule has 0 radical (unpaired) electrons. The zero-order chi connectivity index (χ0) is 11.0. The van der Waals surface area contributed by atoms with Crippen molar-refractivity contribution in [3.8, 4) is 0 Å². The molecule has 4 heteroatoms. The van der Waals surface area contributed by atoms with Gasteiger partial charge in [0.05, 0.1) is 4.90 Å². The van der Waals surface area contributed by atoms with Gasteiger partial charge in [0.1, 0.15) is 11.6 Å². The van der Waals surface area contributed by atoms with Crippen LogP contribution in [0, 0.1) is 11.6 Å². The van der Waals surface area contributed by atoms with E-state index in [2.05, 4.69) is 0 Å². The summed E-state index contributed by atoms with van der Waals surface area (Å²) in [6, 6.07) is 1.95. The highest BCUT2D eigenvalue weighted by Crippen LogP contribution is 2.46. The first-order valence-corrected chi connectivity index (χ1v) is 5.93. The van der Waals surface area contributed by atoms with Gasteiger partial charge in [0.15, 0.2) is 0 Å². The number of halogens is 2. The smallest absolute Gasteiger partial charge is 0.137 e. The molecular formula is C11H13F2NS. The molecule has 0 aromatic heterocycles. The fourth-order valence-corrected chi connectivity index (χ4v) is 3.39. The highest BCUT2D eigenvalue weighted by molar-refractivity contribution is 8.00. The second-order valence-corrected chi connectivity index (χ2v) is 4.99. The molecule has 0 aliphatic carbocycles. The Morgan fingerprint density at radius 1 is 1.33 bits per heavy atom. The van der Waals surface area contributed by atoms with Crippen molar-refractivity contribution in [2.24, 2.45) is 5.73 Å². The van der Waals surface area contributed by atoms with Crippen LogP contribution >= 0.6 is 11.8 Å². The summed E-state index contributed by atoms with van der Waals surface area (Å²) in [5, 5.41) is 0.108. The van der Waals surface area contributed by atoms with Gasteiger partial charge in [-0.2, -0.15) is 0 Å². The van der Waals surface area contributed by atoms with E-state index < -0.39 is 0 Å². The monoisotopic (exact) mass is 229 g/mol. The quantitative estimate of drug-likeness (QED) is 0.842. The molecule has 0 saturated heterocycles. The number of fused-ring (bicyclic) bond motifs is 1. The van der Waals surface area contributed by atoms with Crippen molar-refractivity contribution in [2.75, 3.05) is 0 Å². The number of nitrogens with two attached hydrogens (primary N) is 1. The molecule has 0 bridgehead atoms. The first-order valence-electron chi connectivity index (χ1n) is 5.05. The lowest BCUT2D eigenvalue weighted by Gasteiger charge is -2.13.